The molecule has 0 aliphatic carbocycles. The predicted molar refractivity (Wildman–Crippen MR) is 88.9 cm³/mol. The number of likely N-dealkylation sites (tertiary alicyclic amines) is 1. The number of carboxylic acid groups (broad SMARTS) is 1. The molecule has 1 aliphatic rings. The van der Waals surface area contributed by atoms with Crippen molar-refractivity contribution >= 4 is 11.9 Å². The van der Waals surface area contributed by atoms with Crippen LogP contribution in [0.25, 0.3) is 0 Å². The third kappa shape index (κ3) is 3.64. The monoisotopic (exact) mass is 327 g/mol. The van der Waals surface area contributed by atoms with Gasteiger partial charge in [0.15, 0.2) is 0 Å². The molecule has 3 rings (SSSR count). The summed E-state index contributed by atoms with van der Waals surface area (Å²) in [6.45, 7) is 1.30. The van der Waals surface area contributed by atoms with Crippen LogP contribution in [0.4, 0.5) is 0 Å². The number of aryl methyl sites for hydroxylation is 1. The van der Waals surface area contributed by atoms with E-state index in [0.29, 0.717) is 25.1 Å². The number of nitrogens with one attached hydrogen (secondary N) is 1. The summed E-state index contributed by atoms with van der Waals surface area (Å²) in [6, 6.07) is 7.09. The van der Waals surface area contributed by atoms with E-state index in [1.807, 2.05) is 23.2 Å². The third-order valence-electron chi connectivity index (χ3n) is 4.58. The van der Waals surface area contributed by atoms with Crippen molar-refractivity contribution < 1.29 is 14.7 Å². The topological polar surface area (TPSA) is 86.3 Å². The third-order valence-corrected chi connectivity index (χ3v) is 4.58. The van der Waals surface area contributed by atoms with E-state index in [1.54, 1.807) is 18.3 Å². The van der Waals surface area contributed by atoms with Crippen LogP contribution in [0, 0.1) is 0 Å². The molecule has 1 amide bonds. The Morgan fingerprint density at radius 2 is 2.17 bits per heavy atom. The number of carbonyl (C=O) groups excluding carboxylic acids is 1. The lowest BCUT2D eigenvalue weighted by atomic mass is 9.93. The molecule has 126 valence electrons. The quantitative estimate of drug-likeness (QED) is 0.853. The maximum Gasteiger partial charge on any atom is 0.335 e. The standard InChI is InChI=1S/C18H21N3O3/c22-17(7-3-4-13-10-19-20-11-13)21-9-8-14(12-21)15-5-1-2-6-16(15)18(23)24/h1-2,5-6,10-11,14H,3-4,7-9,12H2,(H,19,20)(H,23,24). The number of aromatic nitrogens is 2. The van der Waals surface area contributed by atoms with Crippen LogP contribution in [-0.4, -0.2) is 45.2 Å². The Morgan fingerprint density at radius 1 is 1.33 bits per heavy atom. The first-order valence-electron chi connectivity index (χ1n) is 8.23. The maximum absolute atomic E-state index is 12.4. The number of hydrogen-bond acceptors (Lipinski definition) is 3. The SMILES string of the molecule is O=C(O)c1ccccc1C1CCN(C(=O)CCCc2cn[nH]c2)C1. The van der Waals surface area contributed by atoms with Crippen LogP contribution in [0.3, 0.4) is 0 Å². The second kappa shape index (κ2) is 7.29. The van der Waals surface area contributed by atoms with Crippen molar-refractivity contribution in [3.05, 3.63) is 53.3 Å². The highest BCUT2D eigenvalue weighted by Crippen LogP contribution is 2.30. The number of hydrogen-bond donors (Lipinski definition) is 2. The van der Waals surface area contributed by atoms with E-state index in [2.05, 4.69) is 10.2 Å². The van der Waals surface area contributed by atoms with Crippen LogP contribution < -0.4 is 0 Å². The molecular formula is C18H21N3O3. The average Bonchev–Trinajstić information content (AvgIpc) is 3.26. The molecule has 1 unspecified atom stereocenters. The van der Waals surface area contributed by atoms with Crippen LogP contribution in [-0.2, 0) is 11.2 Å². The van der Waals surface area contributed by atoms with Gasteiger partial charge < -0.3 is 10.0 Å². The molecule has 1 atom stereocenters. The van der Waals surface area contributed by atoms with Gasteiger partial charge in [-0.1, -0.05) is 18.2 Å². The molecule has 2 N–H and O–H groups in total. The van der Waals surface area contributed by atoms with Gasteiger partial charge in [0.2, 0.25) is 5.91 Å². The Balaban J connectivity index is 1.55. The summed E-state index contributed by atoms with van der Waals surface area (Å²) in [7, 11) is 0. The Labute approximate surface area is 140 Å². The first kappa shape index (κ1) is 16.2. The first-order chi connectivity index (χ1) is 11.6. The van der Waals surface area contributed by atoms with Gasteiger partial charge in [-0.2, -0.15) is 5.10 Å². The van der Waals surface area contributed by atoms with Gasteiger partial charge in [0.25, 0.3) is 0 Å². The molecule has 24 heavy (non-hydrogen) atoms. The van der Waals surface area contributed by atoms with E-state index >= 15 is 0 Å². The number of aromatic carboxylic acids is 1. The van der Waals surface area contributed by atoms with Crippen LogP contribution >= 0.6 is 0 Å². The van der Waals surface area contributed by atoms with Crippen LogP contribution in [0.5, 0.6) is 0 Å². The molecule has 1 aromatic heterocycles. The van der Waals surface area contributed by atoms with E-state index in [9.17, 15) is 14.7 Å². The molecule has 1 aromatic carbocycles. The predicted octanol–water partition coefficient (Wildman–Crippen LogP) is 2.45. The molecule has 2 heterocycles. The summed E-state index contributed by atoms with van der Waals surface area (Å²) >= 11 is 0. The van der Waals surface area contributed by atoms with Crippen molar-refractivity contribution in [1.29, 1.82) is 0 Å². The van der Waals surface area contributed by atoms with E-state index in [0.717, 1.165) is 30.4 Å². The van der Waals surface area contributed by atoms with Crippen molar-refractivity contribution in [2.75, 3.05) is 13.1 Å². The lowest BCUT2D eigenvalue weighted by molar-refractivity contribution is -0.130. The largest absolute Gasteiger partial charge is 0.478 e. The smallest absolute Gasteiger partial charge is 0.335 e. The lowest BCUT2D eigenvalue weighted by Crippen LogP contribution is -2.28. The molecular weight excluding hydrogens is 306 g/mol. The van der Waals surface area contributed by atoms with Gasteiger partial charge in [0, 0.05) is 31.6 Å². The summed E-state index contributed by atoms with van der Waals surface area (Å²) in [4.78, 5) is 25.6. The summed E-state index contributed by atoms with van der Waals surface area (Å²) in [5.41, 5.74) is 2.29. The molecule has 1 aliphatic heterocycles. The van der Waals surface area contributed by atoms with E-state index in [-0.39, 0.29) is 11.8 Å². The summed E-state index contributed by atoms with van der Waals surface area (Å²) < 4.78 is 0. The minimum atomic E-state index is -0.907. The fraction of sp³-hybridized carbons (Fsp3) is 0.389. The van der Waals surface area contributed by atoms with Crippen molar-refractivity contribution in [3.8, 4) is 0 Å². The molecule has 1 saturated heterocycles. The molecule has 0 saturated carbocycles. The average molecular weight is 327 g/mol. The number of benzene rings is 1. The Morgan fingerprint density at radius 3 is 2.92 bits per heavy atom. The number of rotatable bonds is 6. The van der Waals surface area contributed by atoms with Crippen molar-refractivity contribution in [1.82, 2.24) is 15.1 Å². The van der Waals surface area contributed by atoms with Gasteiger partial charge in [0.1, 0.15) is 0 Å². The zero-order valence-electron chi connectivity index (χ0n) is 13.4. The second-order valence-electron chi connectivity index (χ2n) is 6.18. The van der Waals surface area contributed by atoms with Gasteiger partial charge in [-0.25, -0.2) is 4.79 Å². The normalized spacial score (nSPS) is 17.2. The Bertz CT molecular complexity index is 712. The summed E-state index contributed by atoms with van der Waals surface area (Å²) in [5, 5.41) is 16.0. The number of aromatic amines is 1. The fourth-order valence-electron chi connectivity index (χ4n) is 3.30. The summed E-state index contributed by atoms with van der Waals surface area (Å²) in [5.74, 6) is -0.653. The minimum Gasteiger partial charge on any atom is -0.478 e. The molecule has 0 spiro atoms. The molecule has 2 aromatic rings. The number of carbonyl (C=O) groups is 2. The zero-order valence-corrected chi connectivity index (χ0v) is 13.4. The van der Waals surface area contributed by atoms with E-state index in [4.69, 9.17) is 0 Å². The highest BCUT2D eigenvalue weighted by atomic mass is 16.4. The Kier molecular flexibility index (Phi) is 4.93. The first-order valence-corrected chi connectivity index (χ1v) is 8.23. The molecule has 0 bridgehead atoms. The minimum absolute atomic E-state index is 0.107. The Hall–Kier alpha value is -2.63. The van der Waals surface area contributed by atoms with Gasteiger partial charge >= 0.3 is 5.97 Å². The number of amides is 1. The van der Waals surface area contributed by atoms with Crippen LogP contribution in [0.1, 0.15) is 46.7 Å². The van der Waals surface area contributed by atoms with Crippen molar-refractivity contribution in [2.24, 2.45) is 0 Å². The molecule has 0 radical (unpaired) electrons. The van der Waals surface area contributed by atoms with E-state index in [1.165, 1.54) is 0 Å². The lowest BCUT2D eigenvalue weighted by Gasteiger charge is -2.17. The second-order valence-corrected chi connectivity index (χ2v) is 6.18. The molecule has 6 nitrogen and oxygen atoms in total. The molecule has 1 fully saturated rings. The van der Waals surface area contributed by atoms with Crippen molar-refractivity contribution in [2.45, 2.75) is 31.6 Å². The van der Waals surface area contributed by atoms with Crippen molar-refractivity contribution in [3.63, 3.8) is 0 Å². The van der Waals surface area contributed by atoms with Gasteiger partial charge in [0.05, 0.1) is 11.8 Å². The highest BCUT2D eigenvalue weighted by Gasteiger charge is 2.29. The highest BCUT2D eigenvalue weighted by molar-refractivity contribution is 5.89. The number of H-pyrrole nitrogens is 1. The summed E-state index contributed by atoms with van der Waals surface area (Å²) in [6.07, 6.45) is 6.58. The van der Waals surface area contributed by atoms with Gasteiger partial charge in [-0.05, 0) is 36.5 Å². The fourth-order valence-corrected chi connectivity index (χ4v) is 3.30. The maximum atomic E-state index is 12.4. The number of carboxylic acids is 1. The van der Waals surface area contributed by atoms with Crippen LogP contribution in [0.2, 0.25) is 0 Å². The van der Waals surface area contributed by atoms with Crippen LogP contribution in [0.15, 0.2) is 36.7 Å². The van der Waals surface area contributed by atoms with Gasteiger partial charge in [-0.15, -0.1) is 0 Å². The van der Waals surface area contributed by atoms with Gasteiger partial charge in [-0.3, -0.25) is 9.89 Å². The molecule has 6 heteroatoms. The van der Waals surface area contributed by atoms with E-state index < -0.39 is 5.97 Å². The zero-order chi connectivity index (χ0) is 16.9. The number of nitrogens with zero attached hydrogens (tertiary/aromatic N) is 2.